The van der Waals surface area contributed by atoms with E-state index in [-0.39, 0.29) is 18.4 Å². The van der Waals surface area contributed by atoms with Crippen molar-refractivity contribution in [3.05, 3.63) is 48.0 Å². The lowest BCUT2D eigenvalue weighted by atomic mass is 9.91. The minimum absolute atomic E-state index is 0.0514. The molecule has 0 aliphatic heterocycles. The second-order valence-corrected chi connectivity index (χ2v) is 7.38. The number of carbonyl (C=O) groups is 2. The van der Waals surface area contributed by atoms with Gasteiger partial charge in [-0.25, -0.2) is 0 Å². The second-order valence-electron chi connectivity index (χ2n) is 7.38. The van der Waals surface area contributed by atoms with E-state index in [1.54, 1.807) is 4.90 Å². The number of hydrogen-bond donors (Lipinski definition) is 1. The number of aliphatic carboxylic acids is 1. The maximum absolute atomic E-state index is 12.7. The van der Waals surface area contributed by atoms with Gasteiger partial charge in [0, 0.05) is 19.5 Å². The first-order valence-electron chi connectivity index (χ1n) is 9.51. The fourth-order valence-corrected chi connectivity index (χ4v) is 4.01. The maximum Gasteiger partial charge on any atom is 0.307 e. The SMILES string of the molecule is CN(C(=O)C[C@@H](Cc1cccc2ccccc12)C(=O)O)C1CCCCC1. The van der Waals surface area contributed by atoms with Gasteiger partial charge in [0.1, 0.15) is 0 Å². The Morgan fingerprint density at radius 1 is 1.08 bits per heavy atom. The summed E-state index contributed by atoms with van der Waals surface area (Å²) in [6.45, 7) is 0. The molecule has 26 heavy (non-hydrogen) atoms. The molecule has 0 aromatic heterocycles. The van der Waals surface area contributed by atoms with Crippen LogP contribution in [0.3, 0.4) is 0 Å². The highest BCUT2D eigenvalue weighted by atomic mass is 16.4. The van der Waals surface area contributed by atoms with E-state index < -0.39 is 11.9 Å². The van der Waals surface area contributed by atoms with Crippen LogP contribution in [0, 0.1) is 5.92 Å². The van der Waals surface area contributed by atoms with Crippen molar-refractivity contribution in [2.45, 2.75) is 51.0 Å². The highest BCUT2D eigenvalue weighted by Gasteiger charge is 2.27. The molecule has 4 heteroatoms. The molecular weight excluding hydrogens is 326 g/mol. The van der Waals surface area contributed by atoms with E-state index >= 15 is 0 Å². The van der Waals surface area contributed by atoms with E-state index in [1.807, 2.05) is 49.5 Å². The van der Waals surface area contributed by atoms with Crippen LogP contribution in [0.25, 0.3) is 10.8 Å². The number of nitrogens with zero attached hydrogens (tertiary/aromatic N) is 1. The predicted octanol–water partition coefficient (Wildman–Crippen LogP) is 4.26. The van der Waals surface area contributed by atoms with E-state index in [0.29, 0.717) is 6.42 Å². The van der Waals surface area contributed by atoms with Crippen LogP contribution in [-0.4, -0.2) is 35.0 Å². The lowest BCUT2D eigenvalue weighted by molar-refractivity contribution is -0.146. The molecular formula is C22H27NO3. The normalized spacial score (nSPS) is 16.3. The quantitative estimate of drug-likeness (QED) is 0.844. The Labute approximate surface area is 154 Å². The number of hydrogen-bond acceptors (Lipinski definition) is 2. The zero-order valence-corrected chi connectivity index (χ0v) is 15.4. The number of fused-ring (bicyclic) bond motifs is 1. The first-order valence-corrected chi connectivity index (χ1v) is 9.51. The average molecular weight is 353 g/mol. The molecule has 138 valence electrons. The minimum Gasteiger partial charge on any atom is -0.481 e. The molecule has 0 saturated heterocycles. The number of amides is 1. The summed E-state index contributed by atoms with van der Waals surface area (Å²) < 4.78 is 0. The molecule has 1 amide bonds. The van der Waals surface area contributed by atoms with Gasteiger partial charge < -0.3 is 10.0 Å². The van der Waals surface area contributed by atoms with Crippen LogP contribution >= 0.6 is 0 Å². The Morgan fingerprint density at radius 2 is 1.77 bits per heavy atom. The lowest BCUT2D eigenvalue weighted by Gasteiger charge is -2.32. The van der Waals surface area contributed by atoms with E-state index in [2.05, 4.69) is 0 Å². The third-order valence-electron chi connectivity index (χ3n) is 5.63. The van der Waals surface area contributed by atoms with Crippen LogP contribution in [0.5, 0.6) is 0 Å². The molecule has 1 atom stereocenters. The minimum atomic E-state index is -0.900. The molecule has 4 nitrogen and oxygen atoms in total. The van der Waals surface area contributed by atoms with Crippen molar-refractivity contribution in [1.29, 1.82) is 0 Å². The highest BCUT2D eigenvalue weighted by molar-refractivity contribution is 5.87. The number of carboxylic acids is 1. The molecule has 1 saturated carbocycles. The lowest BCUT2D eigenvalue weighted by Crippen LogP contribution is -2.40. The molecule has 1 aliphatic rings. The number of rotatable bonds is 6. The van der Waals surface area contributed by atoms with Crippen molar-refractivity contribution in [3.63, 3.8) is 0 Å². The highest BCUT2D eigenvalue weighted by Crippen LogP contribution is 2.25. The fourth-order valence-electron chi connectivity index (χ4n) is 4.01. The fraction of sp³-hybridized carbons (Fsp3) is 0.455. The Hall–Kier alpha value is -2.36. The third-order valence-corrected chi connectivity index (χ3v) is 5.63. The smallest absolute Gasteiger partial charge is 0.307 e. The summed E-state index contributed by atoms with van der Waals surface area (Å²) in [4.78, 5) is 26.3. The van der Waals surface area contributed by atoms with Crippen molar-refractivity contribution < 1.29 is 14.7 Å². The van der Waals surface area contributed by atoms with Crippen molar-refractivity contribution in [2.24, 2.45) is 5.92 Å². The number of carbonyl (C=O) groups excluding carboxylic acids is 1. The molecule has 0 unspecified atom stereocenters. The first kappa shape index (κ1) is 18.4. The molecule has 1 aliphatic carbocycles. The number of carboxylic acid groups (broad SMARTS) is 1. The van der Waals surface area contributed by atoms with Gasteiger partial charge in [-0.1, -0.05) is 61.7 Å². The van der Waals surface area contributed by atoms with Crippen LogP contribution in [0.4, 0.5) is 0 Å². The van der Waals surface area contributed by atoms with Gasteiger partial charge in [-0.2, -0.15) is 0 Å². The molecule has 0 heterocycles. The molecule has 3 rings (SSSR count). The summed E-state index contributed by atoms with van der Waals surface area (Å²) in [5, 5.41) is 11.8. The Kier molecular flexibility index (Phi) is 5.92. The van der Waals surface area contributed by atoms with Crippen molar-refractivity contribution in [3.8, 4) is 0 Å². The third kappa shape index (κ3) is 4.24. The van der Waals surface area contributed by atoms with E-state index in [4.69, 9.17) is 0 Å². The summed E-state index contributed by atoms with van der Waals surface area (Å²) in [5.74, 6) is -1.65. The van der Waals surface area contributed by atoms with Crippen molar-refractivity contribution in [2.75, 3.05) is 7.05 Å². The second kappa shape index (κ2) is 8.35. The summed E-state index contributed by atoms with van der Waals surface area (Å²) >= 11 is 0. The molecule has 0 radical (unpaired) electrons. The van der Waals surface area contributed by atoms with Gasteiger partial charge in [0.2, 0.25) is 5.91 Å². The standard InChI is InChI=1S/C22H27NO3/c1-23(19-11-3-2-4-12-19)21(24)15-18(22(25)26)14-17-10-7-9-16-8-5-6-13-20(16)17/h5-10,13,18-19H,2-4,11-12,14-15H2,1H3,(H,25,26)/t18-/m1/s1. The molecule has 2 aromatic carbocycles. The topological polar surface area (TPSA) is 57.6 Å². The Balaban J connectivity index is 1.72. The van der Waals surface area contributed by atoms with Crippen LogP contribution in [-0.2, 0) is 16.0 Å². The van der Waals surface area contributed by atoms with Gasteiger partial charge in [-0.15, -0.1) is 0 Å². The summed E-state index contributed by atoms with van der Waals surface area (Å²) in [7, 11) is 1.83. The van der Waals surface area contributed by atoms with Gasteiger partial charge in [-0.05, 0) is 35.6 Å². The monoisotopic (exact) mass is 353 g/mol. The molecule has 1 fully saturated rings. The van der Waals surface area contributed by atoms with E-state index in [0.717, 1.165) is 42.0 Å². The van der Waals surface area contributed by atoms with E-state index in [1.165, 1.54) is 6.42 Å². The Morgan fingerprint density at radius 3 is 2.50 bits per heavy atom. The van der Waals surface area contributed by atoms with Crippen LogP contribution < -0.4 is 0 Å². The molecule has 0 bridgehead atoms. The first-order chi connectivity index (χ1) is 12.6. The van der Waals surface area contributed by atoms with Gasteiger partial charge in [0.15, 0.2) is 0 Å². The summed E-state index contributed by atoms with van der Waals surface area (Å²) in [6, 6.07) is 14.2. The predicted molar refractivity (Wildman–Crippen MR) is 103 cm³/mol. The molecule has 0 spiro atoms. The van der Waals surface area contributed by atoms with Gasteiger partial charge in [-0.3, -0.25) is 9.59 Å². The number of benzene rings is 2. The molecule has 1 N–H and O–H groups in total. The van der Waals surface area contributed by atoms with E-state index in [9.17, 15) is 14.7 Å². The summed E-state index contributed by atoms with van der Waals surface area (Å²) in [6.07, 6.45) is 6.04. The van der Waals surface area contributed by atoms with Crippen LogP contribution in [0.2, 0.25) is 0 Å². The Bertz CT molecular complexity index is 775. The molecule has 2 aromatic rings. The largest absolute Gasteiger partial charge is 0.481 e. The zero-order valence-electron chi connectivity index (χ0n) is 15.4. The zero-order chi connectivity index (χ0) is 18.5. The summed E-state index contributed by atoms with van der Waals surface area (Å²) in [5.41, 5.74) is 0.989. The van der Waals surface area contributed by atoms with Crippen molar-refractivity contribution >= 4 is 22.6 Å². The van der Waals surface area contributed by atoms with Crippen LogP contribution in [0.1, 0.15) is 44.1 Å². The van der Waals surface area contributed by atoms with Gasteiger partial charge >= 0.3 is 5.97 Å². The van der Waals surface area contributed by atoms with Gasteiger partial charge in [0.05, 0.1) is 5.92 Å². The van der Waals surface area contributed by atoms with Crippen molar-refractivity contribution in [1.82, 2.24) is 4.90 Å². The average Bonchev–Trinajstić information content (AvgIpc) is 2.67. The van der Waals surface area contributed by atoms with Crippen LogP contribution in [0.15, 0.2) is 42.5 Å². The maximum atomic E-state index is 12.7. The van der Waals surface area contributed by atoms with Gasteiger partial charge in [0.25, 0.3) is 0 Å².